The van der Waals surface area contributed by atoms with Crippen LogP contribution in [0, 0.1) is 5.92 Å². The standard InChI is InChI=1S/C14H20N2O3/c1-19-12-6-4-11(5-7-12)16-14(18)9-15-8-13(17)10-2-3-10/h4-7,10,13,15,17H,2-3,8-9H2,1H3,(H,16,18). The number of benzene rings is 1. The third-order valence-corrected chi connectivity index (χ3v) is 3.18. The summed E-state index contributed by atoms with van der Waals surface area (Å²) in [7, 11) is 1.60. The number of hydrogen-bond donors (Lipinski definition) is 3. The van der Waals surface area contributed by atoms with Crippen LogP contribution in [0.5, 0.6) is 5.75 Å². The van der Waals surface area contributed by atoms with Gasteiger partial charge in [-0.1, -0.05) is 0 Å². The Kier molecular flexibility index (Phi) is 4.76. The van der Waals surface area contributed by atoms with Crippen molar-refractivity contribution in [3.8, 4) is 5.75 Å². The highest BCUT2D eigenvalue weighted by atomic mass is 16.5. The molecule has 0 aliphatic heterocycles. The van der Waals surface area contributed by atoms with Gasteiger partial charge in [0.2, 0.25) is 5.91 Å². The van der Waals surface area contributed by atoms with Gasteiger partial charge in [-0.05, 0) is 43.0 Å². The fourth-order valence-corrected chi connectivity index (χ4v) is 1.86. The molecule has 104 valence electrons. The highest BCUT2D eigenvalue weighted by Gasteiger charge is 2.29. The Labute approximate surface area is 113 Å². The molecule has 1 fully saturated rings. The highest BCUT2D eigenvalue weighted by molar-refractivity contribution is 5.92. The van der Waals surface area contributed by atoms with Crippen LogP contribution >= 0.6 is 0 Å². The highest BCUT2D eigenvalue weighted by Crippen LogP contribution is 2.32. The van der Waals surface area contributed by atoms with Crippen molar-refractivity contribution >= 4 is 11.6 Å². The average Bonchev–Trinajstić information content (AvgIpc) is 3.24. The molecule has 1 saturated carbocycles. The van der Waals surface area contributed by atoms with Crippen LogP contribution in [0.3, 0.4) is 0 Å². The second kappa shape index (κ2) is 6.54. The predicted octanol–water partition coefficient (Wildman–Crippen LogP) is 0.994. The van der Waals surface area contributed by atoms with Gasteiger partial charge in [0.25, 0.3) is 0 Å². The Hall–Kier alpha value is -1.59. The smallest absolute Gasteiger partial charge is 0.238 e. The van der Waals surface area contributed by atoms with Crippen molar-refractivity contribution in [2.45, 2.75) is 18.9 Å². The maximum Gasteiger partial charge on any atom is 0.238 e. The minimum atomic E-state index is -0.325. The van der Waals surface area contributed by atoms with Gasteiger partial charge in [-0.3, -0.25) is 4.79 Å². The van der Waals surface area contributed by atoms with Gasteiger partial charge in [-0.2, -0.15) is 0 Å². The topological polar surface area (TPSA) is 70.6 Å². The van der Waals surface area contributed by atoms with Gasteiger partial charge in [-0.25, -0.2) is 0 Å². The zero-order chi connectivity index (χ0) is 13.7. The first-order valence-corrected chi connectivity index (χ1v) is 6.51. The van der Waals surface area contributed by atoms with Crippen LogP contribution in [0.2, 0.25) is 0 Å². The zero-order valence-corrected chi connectivity index (χ0v) is 11.1. The summed E-state index contributed by atoms with van der Waals surface area (Å²) in [5.41, 5.74) is 0.732. The summed E-state index contributed by atoms with van der Waals surface area (Å²) in [6.07, 6.45) is 1.87. The van der Waals surface area contributed by atoms with Crippen LogP contribution in [-0.4, -0.2) is 37.3 Å². The normalized spacial score (nSPS) is 15.9. The summed E-state index contributed by atoms with van der Waals surface area (Å²) in [4.78, 5) is 11.6. The number of amides is 1. The number of rotatable bonds is 7. The number of aliphatic hydroxyl groups excluding tert-OH is 1. The molecule has 1 atom stereocenters. The van der Waals surface area contributed by atoms with Crippen LogP contribution in [-0.2, 0) is 4.79 Å². The van der Waals surface area contributed by atoms with Crippen molar-refractivity contribution in [2.75, 3.05) is 25.5 Å². The van der Waals surface area contributed by atoms with Gasteiger partial charge < -0.3 is 20.5 Å². The van der Waals surface area contributed by atoms with Gasteiger partial charge in [-0.15, -0.1) is 0 Å². The molecule has 5 nitrogen and oxygen atoms in total. The third kappa shape index (κ3) is 4.54. The lowest BCUT2D eigenvalue weighted by molar-refractivity contribution is -0.115. The largest absolute Gasteiger partial charge is 0.497 e. The maximum absolute atomic E-state index is 11.6. The summed E-state index contributed by atoms with van der Waals surface area (Å²) in [6.45, 7) is 0.677. The molecule has 1 unspecified atom stereocenters. The van der Waals surface area contributed by atoms with Crippen molar-refractivity contribution in [1.29, 1.82) is 0 Å². The molecule has 0 aromatic heterocycles. The van der Waals surface area contributed by atoms with E-state index < -0.39 is 0 Å². The summed E-state index contributed by atoms with van der Waals surface area (Å²) in [5.74, 6) is 1.06. The van der Waals surface area contributed by atoms with Crippen molar-refractivity contribution in [3.05, 3.63) is 24.3 Å². The lowest BCUT2D eigenvalue weighted by Gasteiger charge is -2.11. The lowest BCUT2D eigenvalue weighted by Crippen LogP contribution is -2.34. The molecule has 2 rings (SSSR count). The minimum absolute atomic E-state index is 0.117. The Balaban J connectivity index is 1.67. The summed E-state index contributed by atoms with van der Waals surface area (Å²) in [6, 6.07) is 7.16. The van der Waals surface area contributed by atoms with E-state index in [1.165, 1.54) is 0 Å². The van der Waals surface area contributed by atoms with Crippen LogP contribution in [0.25, 0.3) is 0 Å². The number of anilines is 1. The number of carbonyl (C=O) groups excluding carboxylic acids is 1. The molecular formula is C14H20N2O3. The monoisotopic (exact) mass is 264 g/mol. The van der Waals surface area contributed by atoms with Crippen molar-refractivity contribution in [2.24, 2.45) is 5.92 Å². The van der Waals surface area contributed by atoms with E-state index in [-0.39, 0.29) is 18.6 Å². The van der Waals surface area contributed by atoms with Crippen LogP contribution < -0.4 is 15.4 Å². The molecule has 0 saturated heterocycles. The van der Waals surface area contributed by atoms with Gasteiger partial charge in [0.15, 0.2) is 0 Å². The molecule has 1 aliphatic carbocycles. The Morgan fingerprint density at radius 3 is 2.68 bits per heavy atom. The number of hydrogen-bond acceptors (Lipinski definition) is 4. The number of nitrogens with one attached hydrogen (secondary N) is 2. The molecule has 1 aromatic carbocycles. The van der Waals surface area contributed by atoms with E-state index in [4.69, 9.17) is 4.74 Å². The Bertz CT molecular complexity index is 415. The number of carbonyl (C=O) groups is 1. The van der Waals surface area contributed by atoms with Crippen LogP contribution in [0.1, 0.15) is 12.8 Å². The number of methoxy groups -OCH3 is 1. The molecule has 5 heteroatoms. The van der Waals surface area contributed by atoms with Gasteiger partial charge in [0, 0.05) is 12.2 Å². The molecule has 1 aliphatic rings. The molecule has 1 aromatic rings. The Morgan fingerprint density at radius 1 is 1.42 bits per heavy atom. The molecule has 0 radical (unpaired) electrons. The number of aliphatic hydroxyl groups is 1. The van der Waals surface area contributed by atoms with E-state index >= 15 is 0 Å². The lowest BCUT2D eigenvalue weighted by atomic mass is 10.2. The van der Waals surface area contributed by atoms with Crippen molar-refractivity contribution in [3.63, 3.8) is 0 Å². The molecule has 3 N–H and O–H groups in total. The molecule has 0 heterocycles. The van der Waals surface area contributed by atoms with Crippen LogP contribution in [0.4, 0.5) is 5.69 Å². The first-order valence-electron chi connectivity index (χ1n) is 6.51. The predicted molar refractivity (Wildman–Crippen MR) is 73.2 cm³/mol. The van der Waals surface area contributed by atoms with Gasteiger partial charge in [0.1, 0.15) is 5.75 Å². The fraction of sp³-hybridized carbons (Fsp3) is 0.500. The first kappa shape index (κ1) is 13.8. The van der Waals surface area contributed by atoms with Gasteiger partial charge >= 0.3 is 0 Å². The molecule has 1 amide bonds. The van der Waals surface area contributed by atoms with Gasteiger partial charge in [0.05, 0.1) is 19.8 Å². The first-order chi connectivity index (χ1) is 9.19. The van der Waals surface area contributed by atoms with Crippen molar-refractivity contribution in [1.82, 2.24) is 5.32 Å². The van der Waals surface area contributed by atoms with E-state index in [0.717, 1.165) is 24.3 Å². The third-order valence-electron chi connectivity index (χ3n) is 3.18. The van der Waals surface area contributed by atoms with E-state index in [1.807, 2.05) is 0 Å². The summed E-state index contributed by atoms with van der Waals surface area (Å²) >= 11 is 0. The quantitative estimate of drug-likeness (QED) is 0.687. The molecular weight excluding hydrogens is 244 g/mol. The molecule has 0 bridgehead atoms. The van der Waals surface area contributed by atoms with Crippen molar-refractivity contribution < 1.29 is 14.6 Å². The van der Waals surface area contributed by atoms with E-state index in [0.29, 0.717) is 12.5 Å². The average molecular weight is 264 g/mol. The van der Waals surface area contributed by atoms with E-state index in [2.05, 4.69) is 10.6 Å². The second-order valence-corrected chi connectivity index (χ2v) is 4.81. The van der Waals surface area contributed by atoms with E-state index in [1.54, 1.807) is 31.4 Å². The maximum atomic E-state index is 11.6. The Morgan fingerprint density at radius 2 is 2.11 bits per heavy atom. The summed E-state index contributed by atoms with van der Waals surface area (Å²) < 4.78 is 5.04. The SMILES string of the molecule is COc1ccc(NC(=O)CNCC(O)C2CC2)cc1. The molecule has 19 heavy (non-hydrogen) atoms. The van der Waals surface area contributed by atoms with Crippen LogP contribution in [0.15, 0.2) is 24.3 Å². The minimum Gasteiger partial charge on any atom is -0.497 e. The van der Waals surface area contributed by atoms with E-state index in [9.17, 15) is 9.90 Å². The fourth-order valence-electron chi connectivity index (χ4n) is 1.86. The summed E-state index contributed by atoms with van der Waals surface area (Å²) in [5, 5.41) is 15.4. The number of ether oxygens (including phenoxy) is 1. The molecule has 0 spiro atoms. The second-order valence-electron chi connectivity index (χ2n) is 4.81. The zero-order valence-electron chi connectivity index (χ0n) is 11.1.